The molecular formula is C27H25N7O2. The first-order valence-electron chi connectivity index (χ1n) is 11.9. The van der Waals surface area contributed by atoms with Crippen LogP contribution < -0.4 is 10.1 Å². The van der Waals surface area contributed by atoms with Gasteiger partial charge in [-0.2, -0.15) is 5.10 Å². The van der Waals surface area contributed by atoms with E-state index in [1.54, 1.807) is 19.4 Å². The molecule has 4 heterocycles. The van der Waals surface area contributed by atoms with E-state index in [0.717, 1.165) is 54.1 Å². The van der Waals surface area contributed by atoms with Crippen molar-refractivity contribution >= 4 is 22.8 Å². The number of anilines is 1. The van der Waals surface area contributed by atoms with Gasteiger partial charge in [0, 0.05) is 25.6 Å². The van der Waals surface area contributed by atoms with Crippen LogP contribution in [0.3, 0.4) is 0 Å². The highest BCUT2D eigenvalue weighted by molar-refractivity contribution is 5.98. The molecule has 6 rings (SSSR count). The van der Waals surface area contributed by atoms with Gasteiger partial charge in [-0.15, -0.1) is 0 Å². The first-order chi connectivity index (χ1) is 17.6. The van der Waals surface area contributed by atoms with Gasteiger partial charge in [-0.1, -0.05) is 24.1 Å². The molecule has 3 aromatic heterocycles. The zero-order valence-corrected chi connectivity index (χ0v) is 20.1. The molecule has 9 nitrogen and oxygen atoms in total. The number of carbonyl (C=O) groups excluding carboxylic acids is 1. The molecule has 0 radical (unpaired) electrons. The molecule has 1 aliphatic carbocycles. The minimum Gasteiger partial charge on any atom is -0.456 e. The fraction of sp³-hybridized carbons (Fsp3) is 0.296. The third-order valence-corrected chi connectivity index (χ3v) is 6.94. The average molecular weight is 480 g/mol. The molecule has 36 heavy (non-hydrogen) atoms. The van der Waals surface area contributed by atoms with Crippen LogP contribution in [0.1, 0.15) is 25.8 Å². The van der Waals surface area contributed by atoms with Crippen molar-refractivity contribution < 1.29 is 9.53 Å². The van der Waals surface area contributed by atoms with Crippen LogP contribution >= 0.6 is 0 Å². The quantitative estimate of drug-likeness (QED) is 0.434. The molecule has 1 spiro atoms. The number of amides is 1. The molecule has 1 aliphatic heterocycles. The van der Waals surface area contributed by atoms with Crippen molar-refractivity contribution in [2.45, 2.75) is 25.8 Å². The van der Waals surface area contributed by atoms with Crippen molar-refractivity contribution in [3.63, 3.8) is 0 Å². The molecule has 2 aliphatic rings. The van der Waals surface area contributed by atoms with Gasteiger partial charge in [0.1, 0.15) is 29.3 Å². The number of para-hydroxylation sites is 1. The lowest BCUT2D eigenvalue weighted by Crippen LogP contribution is -2.63. The highest BCUT2D eigenvalue weighted by Gasteiger charge is 2.54. The minimum absolute atomic E-state index is 0.0874. The zero-order valence-electron chi connectivity index (χ0n) is 20.1. The van der Waals surface area contributed by atoms with E-state index in [1.165, 1.54) is 0 Å². The molecule has 0 unspecified atom stereocenters. The van der Waals surface area contributed by atoms with Gasteiger partial charge >= 0.3 is 0 Å². The zero-order chi connectivity index (χ0) is 24.7. The lowest BCUT2D eigenvalue weighted by Gasteiger charge is -2.58. The molecule has 4 aromatic rings. The number of ether oxygens (including phenoxy) is 1. The summed E-state index contributed by atoms with van der Waals surface area (Å²) in [6, 6.07) is 13.6. The van der Waals surface area contributed by atoms with Gasteiger partial charge < -0.3 is 15.0 Å². The predicted octanol–water partition coefficient (Wildman–Crippen LogP) is 3.91. The normalized spacial score (nSPS) is 16.1. The van der Waals surface area contributed by atoms with Crippen LogP contribution in [-0.4, -0.2) is 55.7 Å². The van der Waals surface area contributed by atoms with Crippen molar-refractivity contribution in [2.24, 2.45) is 5.41 Å². The van der Waals surface area contributed by atoms with Crippen LogP contribution in [0.5, 0.6) is 11.5 Å². The Hall–Kier alpha value is -4.45. The monoisotopic (exact) mass is 479 g/mol. The number of nitrogens with zero attached hydrogens (tertiary/aromatic N) is 6. The SMILES string of the molecule is CC#CC(=O)N1CC2(CC(n3nc(-c4ccc(Oc5ccccc5)cn4)c4c(NC)ncnc43)C2)C1. The minimum atomic E-state index is -0.0874. The Bertz CT molecular complexity index is 1490. The summed E-state index contributed by atoms with van der Waals surface area (Å²) in [6.07, 6.45) is 5.15. The lowest BCUT2D eigenvalue weighted by molar-refractivity contribution is -0.147. The first-order valence-corrected chi connectivity index (χ1v) is 11.9. The van der Waals surface area contributed by atoms with Gasteiger partial charge in [-0.3, -0.25) is 9.78 Å². The predicted molar refractivity (Wildman–Crippen MR) is 135 cm³/mol. The Morgan fingerprint density at radius 2 is 1.89 bits per heavy atom. The Labute approximate surface area is 208 Å². The van der Waals surface area contributed by atoms with Gasteiger partial charge in [-0.25, -0.2) is 14.6 Å². The van der Waals surface area contributed by atoms with E-state index in [-0.39, 0.29) is 17.4 Å². The Kier molecular flexibility index (Phi) is 5.29. The van der Waals surface area contributed by atoms with Crippen LogP contribution in [0.25, 0.3) is 22.4 Å². The number of pyridine rings is 1. The van der Waals surface area contributed by atoms with Gasteiger partial charge in [0.05, 0.1) is 23.3 Å². The lowest BCUT2D eigenvalue weighted by atomic mass is 9.60. The second kappa shape index (κ2) is 8.64. The van der Waals surface area contributed by atoms with Crippen molar-refractivity contribution in [2.75, 3.05) is 25.5 Å². The molecule has 2 fully saturated rings. The number of hydrogen-bond donors (Lipinski definition) is 1. The molecule has 1 N–H and O–H groups in total. The third-order valence-electron chi connectivity index (χ3n) is 6.94. The molecule has 9 heteroatoms. The third kappa shape index (κ3) is 3.71. The van der Waals surface area contributed by atoms with Gasteiger partial charge in [0.25, 0.3) is 5.91 Å². The van der Waals surface area contributed by atoms with E-state index in [9.17, 15) is 4.79 Å². The van der Waals surface area contributed by atoms with E-state index in [4.69, 9.17) is 9.84 Å². The maximum atomic E-state index is 12.0. The second-order valence-electron chi connectivity index (χ2n) is 9.36. The number of aromatic nitrogens is 5. The molecule has 0 atom stereocenters. The van der Waals surface area contributed by atoms with Crippen molar-refractivity contribution in [3.05, 3.63) is 55.0 Å². The number of hydrogen-bond acceptors (Lipinski definition) is 7. The molecule has 1 saturated heterocycles. The summed E-state index contributed by atoms with van der Waals surface area (Å²) < 4.78 is 7.90. The summed E-state index contributed by atoms with van der Waals surface area (Å²) in [4.78, 5) is 27.5. The van der Waals surface area contributed by atoms with Gasteiger partial charge in [0.2, 0.25) is 0 Å². The highest BCUT2D eigenvalue weighted by Crippen LogP contribution is 2.54. The summed E-state index contributed by atoms with van der Waals surface area (Å²) >= 11 is 0. The van der Waals surface area contributed by atoms with E-state index in [2.05, 4.69) is 32.1 Å². The summed E-state index contributed by atoms with van der Waals surface area (Å²) in [6.45, 7) is 3.20. The van der Waals surface area contributed by atoms with Crippen LogP contribution in [0.2, 0.25) is 0 Å². The fourth-order valence-electron chi connectivity index (χ4n) is 5.27. The Morgan fingerprint density at radius 3 is 2.58 bits per heavy atom. The molecule has 180 valence electrons. The summed E-state index contributed by atoms with van der Waals surface area (Å²) in [7, 11) is 1.84. The summed E-state index contributed by atoms with van der Waals surface area (Å²) in [5, 5.41) is 8.99. The summed E-state index contributed by atoms with van der Waals surface area (Å²) in [5.74, 6) is 7.35. The number of nitrogens with one attached hydrogen (secondary N) is 1. The van der Waals surface area contributed by atoms with Crippen LogP contribution in [0.4, 0.5) is 5.82 Å². The summed E-state index contributed by atoms with van der Waals surface area (Å²) in [5.41, 5.74) is 2.38. The smallest absolute Gasteiger partial charge is 0.298 e. The molecule has 0 bridgehead atoms. The molecule has 1 saturated carbocycles. The number of likely N-dealkylation sites (tertiary alicyclic amines) is 1. The van der Waals surface area contributed by atoms with Crippen molar-refractivity contribution in [3.8, 4) is 34.7 Å². The topological polar surface area (TPSA) is 98.1 Å². The van der Waals surface area contributed by atoms with Crippen molar-refractivity contribution in [1.82, 2.24) is 29.6 Å². The molecular weight excluding hydrogens is 454 g/mol. The van der Waals surface area contributed by atoms with Crippen molar-refractivity contribution in [1.29, 1.82) is 0 Å². The highest BCUT2D eigenvalue weighted by atomic mass is 16.5. The molecule has 1 aromatic carbocycles. The number of fused-ring (bicyclic) bond motifs is 1. The van der Waals surface area contributed by atoms with E-state index >= 15 is 0 Å². The standard InChI is InChI=1S/C27H25N7O2/c1-3-7-22(35)33-15-27(16-33)12-18(13-27)34-26-23(25(28-2)30-17-31-26)24(32-34)21-11-10-20(14-29-21)36-19-8-5-4-6-9-19/h4-6,8-11,14,17-18H,12-13,15-16H2,1-2H3,(H,28,30,31). The average Bonchev–Trinajstić information content (AvgIpc) is 3.23. The van der Waals surface area contributed by atoms with E-state index < -0.39 is 0 Å². The van der Waals surface area contributed by atoms with Crippen LogP contribution in [-0.2, 0) is 4.79 Å². The number of benzene rings is 1. The fourth-order valence-corrected chi connectivity index (χ4v) is 5.27. The largest absolute Gasteiger partial charge is 0.456 e. The Balaban J connectivity index is 1.27. The maximum Gasteiger partial charge on any atom is 0.298 e. The number of carbonyl (C=O) groups is 1. The number of rotatable bonds is 5. The second-order valence-corrected chi connectivity index (χ2v) is 9.36. The van der Waals surface area contributed by atoms with E-state index in [0.29, 0.717) is 11.6 Å². The Morgan fingerprint density at radius 1 is 1.08 bits per heavy atom. The molecule has 1 amide bonds. The van der Waals surface area contributed by atoms with Gasteiger partial charge in [-0.05, 0) is 50.0 Å². The van der Waals surface area contributed by atoms with Crippen LogP contribution in [0.15, 0.2) is 55.0 Å². The maximum absolute atomic E-state index is 12.0. The van der Waals surface area contributed by atoms with Crippen LogP contribution in [0, 0.1) is 17.3 Å². The van der Waals surface area contributed by atoms with Gasteiger partial charge in [0.15, 0.2) is 5.65 Å². The first kappa shape index (κ1) is 22.0. The van der Waals surface area contributed by atoms with E-state index in [1.807, 2.05) is 59.1 Å².